The Morgan fingerprint density at radius 3 is 2.35 bits per heavy atom. The van der Waals surface area contributed by atoms with E-state index in [-0.39, 0.29) is 12.1 Å². The van der Waals surface area contributed by atoms with Gasteiger partial charge in [0.15, 0.2) is 0 Å². The maximum absolute atomic E-state index is 11.9. The molecule has 0 radical (unpaired) electrons. The molecule has 0 heterocycles. The summed E-state index contributed by atoms with van der Waals surface area (Å²) in [6, 6.07) is 0.665. The summed E-state index contributed by atoms with van der Waals surface area (Å²) in [5.41, 5.74) is -0.435. The molecule has 118 valence electrons. The molecule has 0 aromatic carbocycles. The van der Waals surface area contributed by atoms with Crippen molar-refractivity contribution >= 4 is 6.09 Å². The van der Waals surface area contributed by atoms with Gasteiger partial charge >= 0.3 is 6.09 Å². The lowest BCUT2D eigenvalue weighted by molar-refractivity contribution is 0.0496. The molecule has 0 aliphatic heterocycles. The number of nitrogens with one attached hydrogen (secondary N) is 2. The molecule has 0 spiro atoms. The van der Waals surface area contributed by atoms with Crippen LogP contribution in [0.3, 0.4) is 0 Å². The molecule has 1 rings (SSSR count). The van der Waals surface area contributed by atoms with Gasteiger partial charge in [-0.2, -0.15) is 0 Å². The summed E-state index contributed by atoms with van der Waals surface area (Å²) in [5, 5.41) is 6.58. The molecule has 1 saturated carbocycles. The highest BCUT2D eigenvalue weighted by Crippen LogP contribution is 2.32. The van der Waals surface area contributed by atoms with Crippen LogP contribution in [0, 0.1) is 11.8 Å². The van der Waals surface area contributed by atoms with E-state index in [1.54, 1.807) is 0 Å². The highest BCUT2D eigenvalue weighted by atomic mass is 16.6. The molecule has 1 fully saturated rings. The molecule has 0 aromatic heterocycles. The SMILES string of the molecule is CCC(C)C(C)NCC(NC(=O)OC(C)(C)C)C1CC1. The fourth-order valence-electron chi connectivity index (χ4n) is 2.16. The highest BCUT2D eigenvalue weighted by Gasteiger charge is 2.33. The van der Waals surface area contributed by atoms with Crippen LogP contribution in [0.4, 0.5) is 4.79 Å². The van der Waals surface area contributed by atoms with E-state index in [4.69, 9.17) is 4.74 Å². The Bertz CT molecular complexity index is 308. The van der Waals surface area contributed by atoms with E-state index in [1.165, 1.54) is 19.3 Å². The van der Waals surface area contributed by atoms with Gasteiger partial charge in [0, 0.05) is 18.6 Å². The third-order valence-corrected chi connectivity index (χ3v) is 4.05. The molecule has 1 aliphatic rings. The van der Waals surface area contributed by atoms with Crippen LogP contribution in [0.25, 0.3) is 0 Å². The number of alkyl carbamates (subject to hydrolysis) is 1. The normalized spacial score (nSPS) is 20.1. The number of carbonyl (C=O) groups excluding carboxylic acids is 1. The molecule has 4 nitrogen and oxygen atoms in total. The Morgan fingerprint density at radius 1 is 1.30 bits per heavy atom. The molecular formula is C16H32N2O2. The van der Waals surface area contributed by atoms with E-state index in [9.17, 15) is 4.79 Å². The molecule has 4 heteroatoms. The Morgan fingerprint density at radius 2 is 1.90 bits per heavy atom. The lowest BCUT2D eigenvalue weighted by Gasteiger charge is -2.26. The summed E-state index contributed by atoms with van der Waals surface area (Å²) < 4.78 is 5.34. The fourth-order valence-corrected chi connectivity index (χ4v) is 2.16. The molecular weight excluding hydrogens is 252 g/mol. The lowest BCUT2D eigenvalue weighted by atomic mass is 10.0. The van der Waals surface area contributed by atoms with Gasteiger partial charge in [0.1, 0.15) is 5.60 Å². The second kappa shape index (κ2) is 7.30. The smallest absolute Gasteiger partial charge is 0.407 e. The first kappa shape index (κ1) is 17.3. The molecule has 0 bridgehead atoms. The summed E-state index contributed by atoms with van der Waals surface area (Å²) in [6.45, 7) is 13.2. The number of carbonyl (C=O) groups is 1. The first-order valence-electron chi connectivity index (χ1n) is 7.95. The number of ether oxygens (including phenoxy) is 1. The molecule has 1 aliphatic carbocycles. The minimum Gasteiger partial charge on any atom is -0.444 e. The van der Waals surface area contributed by atoms with Gasteiger partial charge in [-0.25, -0.2) is 4.79 Å². The van der Waals surface area contributed by atoms with Gasteiger partial charge in [-0.05, 0) is 52.4 Å². The van der Waals surface area contributed by atoms with Gasteiger partial charge in [-0.1, -0.05) is 20.3 Å². The van der Waals surface area contributed by atoms with Crippen molar-refractivity contribution in [1.82, 2.24) is 10.6 Å². The molecule has 2 N–H and O–H groups in total. The average molecular weight is 284 g/mol. The van der Waals surface area contributed by atoms with Gasteiger partial charge in [0.05, 0.1) is 0 Å². The number of hydrogen-bond donors (Lipinski definition) is 2. The van der Waals surface area contributed by atoms with E-state index in [0.717, 1.165) is 6.54 Å². The zero-order valence-electron chi connectivity index (χ0n) is 14.0. The lowest BCUT2D eigenvalue weighted by Crippen LogP contribution is -2.48. The molecule has 0 aromatic rings. The van der Waals surface area contributed by atoms with E-state index in [1.807, 2.05) is 20.8 Å². The number of hydrogen-bond acceptors (Lipinski definition) is 3. The maximum Gasteiger partial charge on any atom is 0.407 e. The highest BCUT2D eigenvalue weighted by molar-refractivity contribution is 5.68. The van der Waals surface area contributed by atoms with Crippen molar-refractivity contribution in [3.8, 4) is 0 Å². The van der Waals surface area contributed by atoms with Crippen LogP contribution >= 0.6 is 0 Å². The van der Waals surface area contributed by atoms with Crippen molar-refractivity contribution in [2.75, 3.05) is 6.54 Å². The molecule has 1 amide bonds. The Kier molecular flexibility index (Phi) is 6.31. The summed E-state index contributed by atoms with van der Waals surface area (Å²) in [4.78, 5) is 11.9. The predicted octanol–water partition coefficient (Wildman–Crippen LogP) is 3.31. The standard InChI is InChI=1S/C16H32N2O2/c1-7-11(2)12(3)17-10-14(13-8-9-13)18-15(19)20-16(4,5)6/h11-14,17H,7-10H2,1-6H3,(H,18,19). The van der Waals surface area contributed by atoms with E-state index in [2.05, 4.69) is 31.4 Å². The maximum atomic E-state index is 11.9. The second-order valence-electron chi connectivity index (χ2n) is 7.17. The Balaban J connectivity index is 2.39. The summed E-state index contributed by atoms with van der Waals surface area (Å²) in [6.07, 6.45) is 3.29. The van der Waals surface area contributed by atoms with Crippen molar-refractivity contribution in [2.24, 2.45) is 11.8 Å². The third kappa shape index (κ3) is 6.60. The molecule has 0 saturated heterocycles. The van der Waals surface area contributed by atoms with Crippen LogP contribution in [0.1, 0.15) is 60.8 Å². The van der Waals surface area contributed by atoms with Crippen LogP contribution in [-0.4, -0.2) is 30.3 Å². The van der Waals surface area contributed by atoms with Crippen LogP contribution in [0.5, 0.6) is 0 Å². The van der Waals surface area contributed by atoms with Crippen LogP contribution in [0.2, 0.25) is 0 Å². The van der Waals surface area contributed by atoms with Crippen molar-refractivity contribution in [2.45, 2.75) is 78.5 Å². The minimum atomic E-state index is -0.435. The zero-order valence-corrected chi connectivity index (χ0v) is 14.0. The van der Waals surface area contributed by atoms with Gasteiger partial charge in [-0.3, -0.25) is 0 Å². The molecule has 3 unspecified atom stereocenters. The number of amides is 1. The fraction of sp³-hybridized carbons (Fsp3) is 0.938. The number of rotatable bonds is 7. The van der Waals surface area contributed by atoms with Gasteiger partial charge in [0.25, 0.3) is 0 Å². The monoisotopic (exact) mass is 284 g/mol. The topological polar surface area (TPSA) is 50.4 Å². The van der Waals surface area contributed by atoms with Gasteiger partial charge in [0.2, 0.25) is 0 Å². The van der Waals surface area contributed by atoms with Crippen molar-refractivity contribution in [1.29, 1.82) is 0 Å². The summed E-state index contributed by atoms with van der Waals surface area (Å²) >= 11 is 0. The zero-order chi connectivity index (χ0) is 15.3. The van der Waals surface area contributed by atoms with Gasteiger partial charge in [-0.15, -0.1) is 0 Å². The van der Waals surface area contributed by atoms with Crippen molar-refractivity contribution in [3.05, 3.63) is 0 Å². The van der Waals surface area contributed by atoms with E-state index in [0.29, 0.717) is 17.9 Å². The summed E-state index contributed by atoms with van der Waals surface area (Å²) in [5.74, 6) is 1.26. The minimum absolute atomic E-state index is 0.191. The van der Waals surface area contributed by atoms with Crippen molar-refractivity contribution in [3.63, 3.8) is 0 Å². The van der Waals surface area contributed by atoms with Crippen LogP contribution in [0.15, 0.2) is 0 Å². The summed E-state index contributed by atoms with van der Waals surface area (Å²) in [7, 11) is 0. The van der Waals surface area contributed by atoms with Gasteiger partial charge < -0.3 is 15.4 Å². The Hall–Kier alpha value is -0.770. The Labute approximate surface area is 124 Å². The second-order valence-corrected chi connectivity index (χ2v) is 7.17. The van der Waals surface area contributed by atoms with E-state index < -0.39 is 5.60 Å². The van der Waals surface area contributed by atoms with Crippen molar-refractivity contribution < 1.29 is 9.53 Å². The van der Waals surface area contributed by atoms with Crippen LogP contribution in [-0.2, 0) is 4.74 Å². The molecule has 20 heavy (non-hydrogen) atoms. The quantitative estimate of drug-likeness (QED) is 0.754. The average Bonchev–Trinajstić information content (AvgIpc) is 3.14. The third-order valence-electron chi connectivity index (χ3n) is 4.05. The first-order valence-corrected chi connectivity index (χ1v) is 7.95. The van der Waals surface area contributed by atoms with E-state index >= 15 is 0 Å². The largest absolute Gasteiger partial charge is 0.444 e. The molecule has 3 atom stereocenters. The van der Waals surface area contributed by atoms with Crippen LogP contribution < -0.4 is 10.6 Å². The first-order chi connectivity index (χ1) is 9.23. The predicted molar refractivity (Wildman–Crippen MR) is 82.8 cm³/mol.